The third-order valence-corrected chi connectivity index (χ3v) is 1.66. The Morgan fingerprint density at radius 3 is 2.62 bits per heavy atom. The molecule has 0 aliphatic rings. The summed E-state index contributed by atoms with van der Waals surface area (Å²) >= 11 is 0. The number of nitrogens with one attached hydrogen (secondary N) is 1. The summed E-state index contributed by atoms with van der Waals surface area (Å²) in [6.07, 6.45) is 1.00. The van der Waals surface area contributed by atoms with Crippen molar-refractivity contribution in [2.45, 2.75) is 6.42 Å². The molecule has 0 bridgehead atoms. The Balaban J connectivity index is 2.76. The van der Waals surface area contributed by atoms with Gasteiger partial charge in [0.2, 0.25) is 0 Å². The molecule has 0 atom stereocenters. The van der Waals surface area contributed by atoms with E-state index in [1.165, 1.54) is 0 Å². The normalized spacial score (nSPS) is 10.7. The number of rotatable bonds is 10. The predicted octanol–water partition coefficient (Wildman–Crippen LogP) is -0.271. The van der Waals surface area contributed by atoms with E-state index in [-0.39, 0.29) is 0 Å². The molecular formula is C8H18NO3Si+3. The predicted molar refractivity (Wildman–Crippen MR) is 51.9 cm³/mol. The molecule has 1 N–H and O–H groups in total. The SMILES string of the molecule is COCCOCCNCCCO[Si+3]. The Morgan fingerprint density at radius 2 is 1.92 bits per heavy atom. The second kappa shape index (κ2) is 12.1. The van der Waals surface area contributed by atoms with Gasteiger partial charge in [0, 0.05) is 0 Å². The van der Waals surface area contributed by atoms with Gasteiger partial charge in [-0.25, -0.2) is 0 Å². The van der Waals surface area contributed by atoms with Gasteiger partial charge < -0.3 is 0 Å². The summed E-state index contributed by atoms with van der Waals surface area (Å²) in [6.45, 7) is 4.63. The van der Waals surface area contributed by atoms with Gasteiger partial charge >= 0.3 is 82.8 Å². The first-order valence-electron chi connectivity index (χ1n) is 4.47. The molecule has 0 saturated heterocycles. The van der Waals surface area contributed by atoms with Crippen molar-refractivity contribution in [3.8, 4) is 0 Å². The summed E-state index contributed by atoms with van der Waals surface area (Å²) in [4.78, 5) is 0. The average Bonchev–Trinajstić information content (AvgIpc) is 2.16. The van der Waals surface area contributed by atoms with Crippen molar-refractivity contribution >= 4 is 10.5 Å². The molecule has 0 saturated carbocycles. The van der Waals surface area contributed by atoms with Crippen molar-refractivity contribution in [2.75, 3.05) is 46.6 Å². The topological polar surface area (TPSA) is 39.7 Å². The van der Waals surface area contributed by atoms with Crippen LogP contribution in [0.15, 0.2) is 0 Å². The fourth-order valence-corrected chi connectivity index (χ4v) is 0.927. The van der Waals surface area contributed by atoms with Crippen LogP contribution in [0.25, 0.3) is 0 Å². The van der Waals surface area contributed by atoms with Crippen molar-refractivity contribution in [3.63, 3.8) is 0 Å². The number of hydrogen-bond acceptors (Lipinski definition) is 4. The van der Waals surface area contributed by atoms with Crippen LogP contribution in [0.1, 0.15) is 6.42 Å². The first-order valence-corrected chi connectivity index (χ1v) is 4.88. The standard InChI is InChI=1S/C8H18NO3Si/c1-10-7-8-11-6-4-9-3-2-5-12-13/h9H,2-8H2,1H3/q+3. The summed E-state index contributed by atoms with van der Waals surface area (Å²) in [5.41, 5.74) is 0. The van der Waals surface area contributed by atoms with Gasteiger partial charge in [0.25, 0.3) is 0 Å². The van der Waals surface area contributed by atoms with Crippen LogP contribution in [-0.4, -0.2) is 57.1 Å². The van der Waals surface area contributed by atoms with E-state index in [0.717, 1.165) is 32.7 Å². The van der Waals surface area contributed by atoms with Crippen LogP contribution in [0.4, 0.5) is 0 Å². The Morgan fingerprint density at radius 1 is 1.08 bits per heavy atom. The van der Waals surface area contributed by atoms with Crippen molar-refractivity contribution in [2.24, 2.45) is 0 Å². The van der Waals surface area contributed by atoms with Crippen molar-refractivity contribution in [1.29, 1.82) is 0 Å². The average molecular weight is 204 g/mol. The molecule has 0 radical (unpaired) electrons. The molecule has 4 nitrogen and oxygen atoms in total. The van der Waals surface area contributed by atoms with Crippen molar-refractivity contribution in [1.82, 2.24) is 5.32 Å². The summed E-state index contributed by atoms with van der Waals surface area (Å²) in [5, 5.41) is 3.23. The van der Waals surface area contributed by atoms with E-state index in [1.807, 2.05) is 0 Å². The van der Waals surface area contributed by atoms with E-state index >= 15 is 0 Å². The zero-order valence-electron chi connectivity index (χ0n) is 8.17. The fourth-order valence-electron chi connectivity index (χ4n) is 0.783. The van der Waals surface area contributed by atoms with Crippen LogP contribution >= 0.6 is 0 Å². The quantitative estimate of drug-likeness (QED) is 0.393. The molecule has 74 valence electrons. The van der Waals surface area contributed by atoms with Gasteiger partial charge in [-0.2, -0.15) is 0 Å². The fraction of sp³-hybridized carbons (Fsp3) is 1.00. The monoisotopic (exact) mass is 204 g/mol. The van der Waals surface area contributed by atoms with Crippen LogP contribution in [-0.2, 0) is 13.9 Å². The molecule has 0 aromatic rings. The van der Waals surface area contributed by atoms with E-state index < -0.39 is 0 Å². The molecule has 0 rings (SSSR count). The van der Waals surface area contributed by atoms with Crippen LogP contribution in [0.3, 0.4) is 0 Å². The molecule has 0 unspecified atom stereocenters. The number of hydrogen-bond donors (Lipinski definition) is 1. The first kappa shape index (κ1) is 13.1. The summed E-state index contributed by atoms with van der Waals surface area (Å²) < 4.78 is 14.8. The van der Waals surface area contributed by atoms with E-state index in [1.54, 1.807) is 7.11 Å². The molecule has 0 aromatic heterocycles. The number of methoxy groups -OCH3 is 1. The molecular weight excluding hydrogens is 186 g/mol. The van der Waals surface area contributed by atoms with Crippen molar-refractivity contribution < 1.29 is 13.9 Å². The van der Waals surface area contributed by atoms with Crippen molar-refractivity contribution in [3.05, 3.63) is 0 Å². The van der Waals surface area contributed by atoms with Crippen LogP contribution in [0.5, 0.6) is 0 Å². The molecule has 0 aliphatic carbocycles. The summed E-state index contributed by atoms with van der Waals surface area (Å²) in [5.74, 6) is 0. The van der Waals surface area contributed by atoms with Crippen LogP contribution in [0.2, 0.25) is 0 Å². The van der Waals surface area contributed by atoms with Crippen LogP contribution in [0, 0.1) is 0 Å². The Hall–Kier alpha value is 0.0569. The van der Waals surface area contributed by atoms with Crippen LogP contribution < -0.4 is 5.32 Å². The molecule has 0 aliphatic heterocycles. The maximum atomic E-state index is 5.25. The summed E-state index contributed by atoms with van der Waals surface area (Å²) in [6, 6.07) is 0. The van der Waals surface area contributed by atoms with E-state index in [2.05, 4.69) is 15.8 Å². The van der Waals surface area contributed by atoms with E-state index in [9.17, 15) is 0 Å². The summed E-state index contributed by atoms with van der Waals surface area (Å²) in [7, 11) is 4.61. The number of ether oxygens (including phenoxy) is 2. The second-order valence-corrected chi connectivity index (χ2v) is 2.85. The third kappa shape index (κ3) is 12.1. The van der Waals surface area contributed by atoms with E-state index in [0.29, 0.717) is 13.2 Å². The molecule has 5 heteroatoms. The third-order valence-electron chi connectivity index (χ3n) is 1.45. The zero-order valence-corrected chi connectivity index (χ0v) is 9.17. The molecule has 0 heterocycles. The van der Waals surface area contributed by atoms with Gasteiger partial charge in [-0.1, -0.05) is 0 Å². The Labute approximate surface area is 83.5 Å². The van der Waals surface area contributed by atoms with Gasteiger partial charge in [0.1, 0.15) is 0 Å². The zero-order chi connectivity index (χ0) is 9.78. The first-order chi connectivity index (χ1) is 6.41. The Bertz CT molecular complexity index is 85.5. The van der Waals surface area contributed by atoms with Gasteiger partial charge in [-0.15, -0.1) is 0 Å². The van der Waals surface area contributed by atoms with Gasteiger partial charge in [0.05, 0.1) is 0 Å². The molecule has 0 spiro atoms. The molecule has 0 amide bonds. The minimum absolute atomic E-state index is 0.664. The van der Waals surface area contributed by atoms with E-state index in [4.69, 9.17) is 13.9 Å². The second-order valence-electron chi connectivity index (χ2n) is 2.56. The Kier molecular flexibility index (Phi) is 12.1. The molecule has 0 fully saturated rings. The van der Waals surface area contributed by atoms with Gasteiger partial charge in [0.15, 0.2) is 0 Å². The maximum absolute atomic E-state index is 5.25. The molecule has 13 heavy (non-hydrogen) atoms. The van der Waals surface area contributed by atoms with Gasteiger partial charge in [-0.05, 0) is 0 Å². The minimum atomic E-state index is 0.664. The van der Waals surface area contributed by atoms with Gasteiger partial charge in [-0.3, -0.25) is 0 Å². The molecule has 0 aromatic carbocycles.